The molecule has 2 aliphatic rings. The Kier molecular flexibility index (Phi) is 8.31. The van der Waals surface area contributed by atoms with Crippen molar-refractivity contribution in [3.05, 3.63) is 35.4 Å². The molecule has 1 heterocycles. The molecule has 6 heteroatoms. The van der Waals surface area contributed by atoms with Crippen molar-refractivity contribution in [2.75, 3.05) is 0 Å². The van der Waals surface area contributed by atoms with Crippen molar-refractivity contribution >= 4 is 5.91 Å². The van der Waals surface area contributed by atoms with Gasteiger partial charge in [-0.15, -0.1) is 0 Å². The molecule has 1 aromatic carbocycles. The molecule has 1 saturated carbocycles. The van der Waals surface area contributed by atoms with Gasteiger partial charge in [-0.3, -0.25) is 4.79 Å². The molecule has 2 fully saturated rings. The minimum Gasteiger partial charge on any atom is -0.389 e. The molecule has 0 bridgehead atoms. The van der Waals surface area contributed by atoms with Crippen molar-refractivity contribution in [3.8, 4) is 0 Å². The van der Waals surface area contributed by atoms with E-state index < -0.39 is 23.8 Å². The molecule has 6 unspecified atom stereocenters. The summed E-state index contributed by atoms with van der Waals surface area (Å²) in [6.07, 6.45) is 7.24. The fourth-order valence-electron chi connectivity index (χ4n) is 5.80. The van der Waals surface area contributed by atoms with Crippen LogP contribution in [-0.2, 0) is 11.2 Å². The lowest BCUT2D eigenvalue weighted by Gasteiger charge is -2.44. The lowest BCUT2D eigenvalue weighted by atomic mass is 9.66. The molecule has 1 aliphatic carbocycles. The first-order valence-electron chi connectivity index (χ1n) is 12.2. The minimum absolute atomic E-state index is 0.154. The summed E-state index contributed by atoms with van der Waals surface area (Å²) < 4.78 is 27.3. The van der Waals surface area contributed by atoms with Crippen LogP contribution in [0, 0.1) is 28.9 Å². The number of rotatable bonds is 6. The molecule has 0 spiro atoms. The molecule has 0 aromatic heterocycles. The van der Waals surface area contributed by atoms with Crippen LogP contribution in [0.3, 0.4) is 0 Å². The molecule has 0 radical (unpaired) electrons. The second-order valence-electron chi connectivity index (χ2n) is 11.1. The lowest BCUT2D eigenvalue weighted by molar-refractivity contribution is -0.120. The minimum atomic E-state index is -0.838. The zero-order chi connectivity index (χ0) is 23.5. The summed E-state index contributed by atoms with van der Waals surface area (Å²) in [5.74, 6) is -0.267. The fraction of sp³-hybridized carbons (Fsp3) is 0.731. The van der Waals surface area contributed by atoms with Crippen molar-refractivity contribution < 1.29 is 18.7 Å². The summed E-state index contributed by atoms with van der Waals surface area (Å²) in [4.78, 5) is 11.8. The number of carbonyl (C=O) groups is 1. The fourth-order valence-corrected chi connectivity index (χ4v) is 5.80. The third-order valence-corrected chi connectivity index (χ3v) is 7.56. The van der Waals surface area contributed by atoms with E-state index in [0.717, 1.165) is 25.3 Å². The number of halogens is 2. The van der Waals surface area contributed by atoms with E-state index in [4.69, 9.17) is 0 Å². The average Bonchev–Trinajstić information content (AvgIpc) is 2.71. The molecular weight excluding hydrogens is 410 g/mol. The van der Waals surface area contributed by atoms with E-state index in [-0.39, 0.29) is 18.4 Å². The third-order valence-electron chi connectivity index (χ3n) is 7.56. The third kappa shape index (κ3) is 6.74. The maximum absolute atomic E-state index is 13.7. The maximum Gasteiger partial charge on any atom is 0.217 e. The number of amides is 1. The number of aliphatic hydroxyl groups is 1. The van der Waals surface area contributed by atoms with Gasteiger partial charge in [0.25, 0.3) is 0 Å². The van der Waals surface area contributed by atoms with Gasteiger partial charge < -0.3 is 15.7 Å². The number of nitrogens with one attached hydrogen (secondary N) is 2. The highest BCUT2D eigenvalue weighted by atomic mass is 19.1. The van der Waals surface area contributed by atoms with Crippen LogP contribution in [0.25, 0.3) is 0 Å². The van der Waals surface area contributed by atoms with Gasteiger partial charge in [-0.25, -0.2) is 8.78 Å². The van der Waals surface area contributed by atoms with Crippen molar-refractivity contribution in [1.82, 2.24) is 10.6 Å². The molecule has 3 N–H and O–H groups in total. The smallest absolute Gasteiger partial charge is 0.217 e. The highest BCUT2D eigenvalue weighted by molar-refractivity contribution is 5.73. The molecule has 6 atom stereocenters. The Morgan fingerprint density at radius 2 is 1.78 bits per heavy atom. The zero-order valence-electron chi connectivity index (χ0n) is 20.0. The van der Waals surface area contributed by atoms with Crippen molar-refractivity contribution in [2.24, 2.45) is 17.3 Å². The highest BCUT2D eigenvalue weighted by Crippen LogP contribution is 2.42. The number of hydrogen-bond acceptors (Lipinski definition) is 3. The first kappa shape index (κ1) is 25.1. The van der Waals surface area contributed by atoms with Crippen LogP contribution < -0.4 is 10.6 Å². The van der Waals surface area contributed by atoms with Gasteiger partial charge in [0.05, 0.1) is 12.1 Å². The number of hydrogen-bond donors (Lipinski definition) is 3. The first-order chi connectivity index (χ1) is 15.0. The number of aliphatic hydroxyl groups excluding tert-OH is 1. The molecule has 1 amide bonds. The number of piperidine rings is 1. The molecule has 1 aromatic rings. The summed E-state index contributed by atoms with van der Waals surface area (Å²) in [7, 11) is 0. The van der Waals surface area contributed by atoms with Gasteiger partial charge in [-0.05, 0) is 73.5 Å². The number of carbonyl (C=O) groups excluding carboxylic acids is 1. The van der Waals surface area contributed by atoms with E-state index in [1.54, 1.807) is 0 Å². The Morgan fingerprint density at radius 1 is 1.12 bits per heavy atom. The molecule has 3 rings (SSSR count). The second-order valence-corrected chi connectivity index (χ2v) is 11.1. The van der Waals surface area contributed by atoms with Crippen LogP contribution in [0.2, 0.25) is 0 Å². The standard InChI is InChI=1S/C26H40F2N2O2/c1-16(31)29-24(13-17-11-20(27)15-21(28)12-17)25(32)23-10-6-9-22(30-23)18-7-5-8-19(14-18)26(2,3)4/h11-12,15,18-19,22-25,30,32H,5-10,13-14H2,1-4H3,(H,29,31). The molecule has 180 valence electrons. The first-order valence-corrected chi connectivity index (χ1v) is 12.2. The van der Waals surface area contributed by atoms with Gasteiger partial charge in [0, 0.05) is 25.1 Å². The largest absolute Gasteiger partial charge is 0.389 e. The summed E-state index contributed by atoms with van der Waals surface area (Å²) >= 11 is 0. The Bertz CT molecular complexity index is 759. The Labute approximate surface area is 191 Å². The molecule has 1 saturated heterocycles. The van der Waals surface area contributed by atoms with E-state index in [2.05, 4.69) is 31.4 Å². The number of benzene rings is 1. The van der Waals surface area contributed by atoms with Crippen LogP contribution in [0.5, 0.6) is 0 Å². The van der Waals surface area contributed by atoms with Gasteiger partial charge in [0.2, 0.25) is 5.91 Å². The maximum atomic E-state index is 13.7. The van der Waals surface area contributed by atoms with Gasteiger partial charge >= 0.3 is 0 Å². The molecule has 1 aliphatic heterocycles. The van der Waals surface area contributed by atoms with Crippen LogP contribution >= 0.6 is 0 Å². The summed E-state index contributed by atoms with van der Waals surface area (Å²) in [6.45, 7) is 8.38. The topological polar surface area (TPSA) is 61.4 Å². The van der Waals surface area contributed by atoms with Crippen LogP contribution in [-0.4, -0.2) is 35.2 Å². The summed E-state index contributed by atoms with van der Waals surface area (Å²) in [5.41, 5.74) is 0.733. The van der Waals surface area contributed by atoms with E-state index in [1.165, 1.54) is 44.7 Å². The zero-order valence-corrected chi connectivity index (χ0v) is 20.0. The molecule has 32 heavy (non-hydrogen) atoms. The normalized spacial score (nSPS) is 28.7. The predicted molar refractivity (Wildman–Crippen MR) is 123 cm³/mol. The van der Waals surface area contributed by atoms with Crippen molar-refractivity contribution in [2.45, 2.75) is 103 Å². The summed E-state index contributed by atoms with van der Waals surface area (Å²) in [5, 5.41) is 17.7. The van der Waals surface area contributed by atoms with Gasteiger partial charge in [0.1, 0.15) is 11.6 Å². The Balaban J connectivity index is 1.69. The Hall–Kier alpha value is -1.53. The lowest BCUT2D eigenvalue weighted by Crippen LogP contribution is -2.58. The molecular formula is C26H40F2N2O2. The monoisotopic (exact) mass is 450 g/mol. The quantitative estimate of drug-likeness (QED) is 0.587. The van der Waals surface area contributed by atoms with Gasteiger partial charge in [0.15, 0.2) is 0 Å². The second kappa shape index (κ2) is 10.6. The van der Waals surface area contributed by atoms with Crippen LogP contribution in [0.1, 0.15) is 78.2 Å². The van der Waals surface area contributed by atoms with Gasteiger partial charge in [-0.1, -0.05) is 33.6 Å². The SMILES string of the molecule is CC(=O)NC(Cc1cc(F)cc(F)c1)C(O)C1CCCC(C2CCCC(C(C)(C)C)C2)N1. The van der Waals surface area contributed by atoms with Crippen LogP contribution in [0.15, 0.2) is 18.2 Å². The van der Waals surface area contributed by atoms with E-state index in [1.807, 2.05) is 0 Å². The van der Waals surface area contributed by atoms with Crippen molar-refractivity contribution in [1.29, 1.82) is 0 Å². The Morgan fingerprint density at radius 3 is 2.41 bits per heavy atom. The van der Waals surface area contributed by atoms with Crippen LogP contribution in [0.4, 0.5) is 8.78 Å². The van der Waals surface area contributed by atoms with E-state index in [0.29, 0.717) is 28.9 Å². The van der Waals surface area contributed by atoms with Crippen molar-refractivity contribution in [3.63, 3.8) is 0 Å². The van der Waals surface area contributed by atoms with E-state index >= 15 is 0 Å². The predicted octanol–water partition coefficient (Wildman–Crippen LogP) is 4.74. The highest BCUT2D eigenvalue weighted by Gasteiger charge is 2.38. The average molecular weight is 451 g/mol. The molecule has 4 nitrogen and oxygen atoms in total. The van der Waals surface area contributed by atoms with Gasteiger partial charge in [-0.2, -0.15) is 0 Å². The summed E-state index contributed by atoms with van der Waals surface area (Å²) in [6, 6.07) is 2.94. The van der Waals surface area contributed by atoms with E-state index in [9.17, 15) is 18.7 Å².